The van der Waals surface area contributed by atoms with Gasteiger partial charge in [0.15, 0.2) is 11.4 Å². The fourth-order valence-corrected chi connectivity index (χ4v) is 5.19. The maximum absolute atomic E-state index is 13.8. The summed E-state index contributed by atoms with van der Waals surface area (Å²) in [5.74, 6) is -3.00. The molecule has 3 aromatic carbocycles. The van der Waals surface area contributed by atoms with Crippen molar-refractivity contribution >= 4 is 29.4 Å². The SMILES string of the molecule is CC(C)CC(NC(=O)C(CN1C(=O)c2ccccc2C1=O)NC(=O)c1cccc(-c2ccccc2)c1)C(=O)C1(CO)CO1. The van der Waals surface area contributed by atoms with E-state index < -0.39 is 60.2 Å². The van der Waals surface area contributed by atoms with Crippen molar-refractivity contribution < 1.29 is 33.8 Å². The number of fused-ring (bicyclic) bond motifs is 1. The first kappa shape index (κ1) is 29.8. The number of imide groups is 1. The van der Waals surface area contributed by atoms with Gasteiger partial charge in [-0.2, -0.15) is 0 Å². The van der Waals surface area contributed by atoms with E-state index in [0.717, 1.165) is 16.0 Å². The number of hydrogen-bond acceptors (Lipinski definition) is 7. The Kier molecular flexibility index (Phi) is 8.52. The second kappa shape index (κ2) is 12.3. The third-order valence-corrected chi connectivity index (χ3v) is 7.63. The summed E-state index contributed by atoms with van der Waals surface area (Å²) in [4.78, 5) is 67.7. The van der Waals surface area contributed by atoms with Crippen molar-refractivity contribution in [2.45, 2.75) is 38.0 Å². The summed E-state index contributed by atoms with van der Waals surface area (Å²) in [5, 5.41) is 15.1. The third kappa shape index (κ3) is 6.25. The van der Waals surface area contributed by atoms with Crippen LogP contribution in [0, 0.1) is 5.92 Å². The highest BCUT2D eigenvalue weighted by molar-refractivity contribution is 6.21. The highest BCUT2D eigenvalue weighted by atomic mass is 16.6. The topological polar surface area (TPSA) is 145 Å². The van der Waals surface area contributed by atoms with Crippen LogP contribution in [-0.4, -0.2) is 76.9 Å². The summed E-state index contributed by atoms with van der Waals surface area (Å²) in [5.41, 5.74) is 0.992. The van der Waals surface area contributed by atoms with Crippen molar-refractivity contribution in [3.8, 4) is 11.1 Å². The lowest BCUT2D eigenvalue weighted by Gasteiger charge is -2.27. The predicted molar refractivity (Wildman–Crippen MR) is 157 cm³/mol. The first-order valence-corrected chi connectivity index (χ1v) is 14.1. The molecule has 10 heteroatoms. The van der Waals surface area contributed by atoms with Gasteiger partial charge in [0.2, 0.25) is 5.91 Å². The van der Waals surface area contributed by atoms with Crippen LogP contribution < -0.4 is 10.6 Å². The summed E-state index contributed by atoms with van der Waals surface area (Å²) in [6, 6.07) is 20.2. The Morgan fingerprint density at radius 1 is 0.860 bits per heavy atom. The van der Waals surface area contributed by atoms with Gasteiger partial charge in [-0.25, -0.2) is 0 Å². The zero-order valence-electron chi connectivity index (χ0n) is 23.9. The van der Waals surface area contributed by atoms with Crippen molar-refractivity contribution in [1.29, 1.82) is 0 Å². The van der Waals surface area contributed by atoms with Gasteiger partial charge in [-0.05, 0) is 47.7 Å². The number of epoxide rings is 1. The van der Waals surface area contributed by atoms with Gasteiger partial charge in [0.25, 0.3) is 17.7 Å². The van der Waals surface area contributed by atoms with Gasteiger partial charge in [0.05, 0.1) is 36.9 Å². The smallest absolute Gasteiger partial charge is 0.261 e. The number of benzene rings is 3. The first-order valence-electron chi connectivity index (χ1n) is 14.1. The van der Waals surface area contributed by atoms with Gasteiger partial charge < -0.3 is 20.5 Å². The molecule has 3 N–H and O–H groups in total. The number of aliphatic hydroxyl groups excluding tert-OH is 1. The van der Waals surface area contributed by atoms with Crippen molar-refractivity contribution in [2.24, 2.45) is 5.92 Å². The number of nitrogens with zero attached hydrogens (tertiary/aromatic N) is 1. The molecule has 0 bridgehead atoms. The second-order valence-corrected chi connectivity index (χ2v) is 11.2. The molecule has 0 spiro atoms. The van der Waals surface area contributed by atoms with E-state index in [2.05, 4.69) is 10.6 Å². The summed E-state index contributed by atoms with van der Waals surface area (Å²) < 4.78 is 5.24. The van der Waals surface area contributed by atoms with E-state index >= 15 is 0 Å². The Morgan fingerprint density at radius 2 is 1.47 bits per heavy atom. The standard InChI is InChI=1S/C33H33N3O7/c1-20(2)15-26(28(38)33(18-37)19-43-33)34-30(40)27(17-36-31(41)24-13-6-7-14-25(24)32(36)42)35-29(39)23-12-8-11-22(16-23)21-9-4-3-5-10-21/h3-14,16,20,26-27,37H,15,17-19H2,1-2H3,(H,34,40)(H,35,39). The molecule has 0 aliphatic carbocycles. The summed E-state index contributed by atoms with van der Waals surface area (Å²) in [7, 11) is 0. The van der Waals surface area contributed by atoms with E-state index in [1.165, 1.54) is 12.1 Å². The van der Waals surface area contributed by atoms with Gasteiger partial charge in [0, 0.05) is 5.56 Å². The molecule has 4 amide bonds. The third-order valence-electron chi connectivity index (χ3n) is 7.63. The lowest BCUT2D eigenvalue weighted by Crippen LogP contribution is -2.58. The second-order valence-electron chi connectivity index (χ2n) is 11.2. The van der Waals surface area contributed by atoms with Gasteiger partial charge in [-0.15, -0.1) is 0 Å². The number of amides is 4. The molecule has 0 radical (unpaired) electrons. The van der Waals surface area contributed by atoms with E-state index in [0.29, 0.717) is 0 Å². The van der Waals surface area contributed by atoms with Crippen LogP contribution in [0.4, 0.5) is 0 Å². The van der Waals surface area contributed by atoms with E-state index in [4.69, 9.17) is 4.74 Å². The summed E-state index contributed by atoms with van der Waals surface area (Å²) >= 11 is 0. The quantitative estimate of drug-likeness (QED) is 0.220. The molecule has 43 heavy (non-hydrogen) atoms. The molecular formula is C33H33N3O7. The predicted octanol–water partition coefficient (Wildman–Crippen LogP) is 2.61. The molecule has 0 saturated carbocycles. The minimum absolute atomic E-state index is 0.00579. The van der Waals surface area contributed by atoms with Crippen molar-refractivity contribution in [1.82, 2.24) is 15.5 Å². The molecule has 3 aromatic rings. The Bertz CT molecular complexity index is 1530. The van der Waals surface area contributed by atoms with Crippen molar-refractivity contribution in [3.05, 3.63) is 95.6 Å². The van der Waals surface area contributed by atoms with Gasteiger partial charge >= 0.3 is 0 Å². The number of rotatable bonds is 12. The molecule has 1 saturated heterocycles. The Labute approximate surface area is 249 Å². The number of nitrogens with one attached hydrogen (secondary N) is 2. The van der Waals surface area contributed by atoms with Crippen molar-refractivity contribution in [2.75, 3.05) is 19.8 Å². The molecule has 2 aliphatic rings. The molecule has 2 heterocycles. The van der Waals surface area contributed by atoms with Crippen LogP contribution in [0.1, 0.15) is 51.3 Å². The minimum Gasteiger partial charge on any atom is -0.393 e. The number of carbonyl (C=O) groups excluding carboxylic acids is 5. The minimum atomic E-state index is -1.39. The summed E-state index contributed by atoms with van der Waals surface area (Å²) in [6.07, 6.45) is 0.252. The van der Waals surface area contributed by atoms with Crippen LogP contribution in [0.2, 0.25) is 0 Å². The molecule has 10 nitrogen and oxygen atoms in total. The van der Waals surface area contributed by atoms with Gasteiger partial charge in [-0.1, -0.05) is 68.4 Å². The highest BCUT2D eigenvalue weighted by Crippen LogP contribution is 2.30. The van der Waals surface area contributed by atoms with Crippen LogP contribution in [0.3, 0.4) is 0 Å². The van der Waals surface area contributed by atoms with Crippen LogP contribution in [0.5, 0.6) is 0 Å². The molecule has 2 aliphatic heterocycles. The molecule has 5 rings (SSSR count). The lowest BCUT2D eigenvalue weighted by atomic mass is 9.92. The maximum Gasteiger partial charge on any atom is 0.261 e. The Balaban J connectivity index is 1.42. The van der Waals surface area contributed by atoms with Gasteiger partial charge in [-0.3, -0.25) is 28.9 Å². The average Bonchev–Trinajstić information content (AvgIpc) is 3.79. The number of hydrogen-bond donors (Lipinski definition) is 3. The fourth-order valence-electron chi connectivity index (χ4n) is 5.19. The highest BCUT2D eigenvalue weighted by Gasteiger charge is 2.54. The maximum atomic E-state index is 13.8. The molecular weight excluding hydrogens is 550 g/mol. The first-order chi connectivity index (χ1) is 20.6. The molecule has 3 atom stereocenters. The number of ether oxygens (including phenoxy) is 1. The fraction of sp³-hybridized carbons (Fsp3) is 0.303. The number of aliphatic hydroxyl groups is 1. The molecule has 222 valence electrons. The van der Waals surface area contributed by atoms with E-state index in [9.17, 15) is 29.1 Å². The van der Waals surface area contributed by atoms with E-state index in [1.807, 2.05) is 50.2 Å². The molecule has 1 fully saturated rings. The van der Waals surface area contributed by atoms with Crippen LogP contribution in [0.25, 0.3) is 11.1 Å². The number of carbonyl (C=O) groups is 5. The zero-order chi connectivity index (χ0) is 30.7. The number of Topliss-reactive ketones (excluding diaryl/α,β-unsaturated/α-hetero) is 1. The van der Waals surface area contributed by atoms with Crippen LogP contribution in [0.15, 0.2) is 78.9 Å². The largest absolute Gasteiger partial charge is 0.393 e. The molecule has 0 aromatic heterocycles. The molecule has 3 unspecified atom stereocenters. The number of ketones is 1. The Morgan fingerprint density at radius 3 is 2.05 bits per heavy atom. The van der Waals surface area contributed by atoms with Gasteiger partial charge in [0.1, 0.15) is 6.04 Å². The lowest BCUT2D eigenvalue weighted by molar-refractivity contribution is -0.133. The zero-order valence-corrected chi connectivity index (χ0v) is 23.9. The normalized spacial score (nSPS) is 18.7. The Hall–Kier alpha value is -4.67. The van der Waals surface area contributed by atoms with Crippen LogP contribution >= 0.6 is 0 Å². The monoisotopic (exact) mass is 583 g/mol. The van der Waals surface area contributed by atoms with Crippen LogP contribution in [-0.2, 0) is 14.3 Å². The average molecular weight is 584 g/mol. The van der Waals surface area contributed by atoms with Crippen molar-refractivity contribution in [3.63, 3.8) is 0 Å². The van der Waals surface area contributed by atoms with E-state index in [1.54, 1.807) is 30.3 Å². The summed E-state index contributed by atoms with van der Waals surface area (Å²) in [6.45, 7) is 2.82. The van der Waals surface area contributed by atoms with E-state index in [-0.39, 0.29) is 35.6 Å².